The Bertz CT molecular complexity index is 1190. The van der Waals surface area contributed by atoms with E-state index in [0.29, 0.717) is 30.5 Å². The highest BCUT2D eigenvalue weighted by atomic mass is 35.5. The molecule has 6 nitrogen and oxygen atoms in total. The molecule has 1 N–H and O–H groups in total. The lowest BCUT2D eigenvalue weighted by atomic mass is 10.0. The van der Waals surface area contributed by atoms with Gasteiger partial charge < -0.3 is 15.1 Å². The van der Waals surface area contributed by atoms with Crippen molar-refractivity contribution in [2.45, 2.75) is 12.5 Å². The second-order valence-corrected chi connectivity index (χ2v) is 9.96. The molecule has 0 aliphatic carbocycles. The summed E-state index contributed by atoms with van der Waals surface area (Å²) in [6.07, 6.45) is 3.98. The lowest BCUT2D eigenvalue weighted by Crippen LogP contribution is -2.35. The van der Waals surface area contributed by atoms with Crippen molar-refractivity contribution in [3.8, 4) is 0 Å². The summed E-state index contributed by atoms with van der Waals surface area (Å²) >= 11 is 6.11. The molecule has 5 rings (SSSR count). The number of pyridine rings is 1. The first-order valence-corrected chi connectivity index (χ1v) is 12.6. The lowest BCUT2D eigenvalue weighted by molar-refractivity contribution is 0.0769. The van der Waals surface area contributed by atoms with Gasteiger partial charge in [-0.2, -0.15) is 0 Å². The molecule has 3 heterocycles. The minimum Gasteiger partial charge on any atom is -0.345 e. The van der Waals surface area contributed by atoms with E-state index in [1.807, 2.05) is 30.3 Å². The predicted molar refractivity (Wildman–Crippen MR) is 136 cm³/mol. The van der Waals surface area contributed by atoms with Crippen LogP contribution in [-0.4, -0.2) is 59.3 Å². The molecule has 1 aromatic heterocycles. The van der Waals surface area contributed by atoms with Gasteiger partial charge in [0.15, 0.2) is 0 Å². The molecule has 8 heteroatoms. The highest BCUT2D eigenvalue weighted by Gasteiger charge is 2.42. The molecule has 3 aromatic rings. The van der Waals surface area contributed by atoms with Gasteiger partial charge in [-0.05, 0) is 48.1 Å². The minimum atomic E-state index is -0.577. The van der Waals surface area contributed by atoms with Gasteiger partial charge in [-0.1, -0.05) is 48.0 Å². The van der Waals surface area contributed by atoms with E-state index in [0.717, 1.165) is 31.6 Å². The largest absolute Gasteiger partial charge is 0.345 e. The molecule has 186 valence electrons. The Balaban J connectivity index is 1.19. The number of benzene rings is 2. The molecule has 2 aliphatic heterocycles. The van der Waals surface area contributed by atoms with Crippen LogP contribution in [0.2, 0.25) is 5.02 Å². The molecular weight excluding hydrogens is 479 g/mol. The molecule has 3 unspecified atom stereocenters. The third-order valence-corrected chi connectivity index (χ3v) is 7.51. The SMILES string of the molecule is O=C(NC(CCN1CC2CN(C(=O)c3c(F)cccc3Cl)CC2C1)c1ccccc1)c1cccnc1. The van der Waals surface area contributed by atoms with Crippen LogP contribution in [-0.2, 0) is 0 Å². The zero-order chi connectivity index (χ0) is 25.1. The molecule has 0 spiro atoms. The van der Waals surface area contributed by atoms with E-state index in [1.165, 1.54) is 12.1 Å². The summed E-state index contributed by atoms with van der Waals surface area (Å²) in [7, 11) is 0. The van der Waals surface area contributed by atoms with Crippen molar-refractivity contribution >= 4 is 23.4 Å². The Morgan fingerprint density at radius 3 is 2.42 bits per heavy atom. The van der Waals surface area contributed by atoms with Gasteiger partial charge in [0.05, 0.1) is 22.2 Å². The van der Waals surface area contributed by atoms with Gasteiger partial charge in [-0.15, -0.1) is 0 Å². The molecule has 36 heavy (non-hydrogen) atoms. The number of nitrogens with one attached hydrogen (secondary N) is 1. The summed E-state index contributed by atoms with van der Waals surface area (Å²) in [5.41, 5.74) is 1.56. The van der Waals surface area contributed by atoms with Crippen molar-refractivity contribution in [2.24, 2.45) is 11.8 Å². The van der Waals surface area contributed by atoms with Crippen molar-refractivity contribution in [1.29, 1.82) is 0 Å². The Hall–Kier alpha value is -3.29. The number of likely N-dealkylation sites (tertiary alicyclic amines) is 2. The molecule has 2 fully saturated rings. The molecule has 2 aromatic carbocycles. The number of carbonyl (C=O) groups is 2. The average molecular weight is 507 g/mol. The maximum atomic E-state index is 14.2. The van der Waals surface area contributed by atoms with E-state index in [-0.39, 0.29) is 28.4 Å². The molecule has 2 amide bonds. The first kappa shape index (κ1) is 24.4. The quantitative estimate of drug-likeness (QED) is 0.514. The van der Waals surface area contributed by atoms with Gasteiger partial charge in [0, 0.05) is 45.1 Å². The van der Waals surface area contributed by atoms with Crippen molar-refractivity contribution in [3.05, 3.63) is 101 Å². The fourth-order valence-corrected chi connectivity index (χ4v) is 5.60. The van der Waals surface area contributed by atoms with E-state index < -0.39 is 5.82 Å². The van der Waals surface area contributed by atoms with Crippen LogP contribution in [0.5, 0.6) is 0 Å². The molecule has 3 atom stereocenters. The van der Waals surface area contributed by atoms with Crippen molar-refractivity contribution < 1.29 is 14.0 Å². The van der Waals surface area contributed by atoms with Crippen LogP contribution in [0, 0.1) is 17.7 Å². The summed E-state index contributed by atoms with van der Waals surface area (Å²) in [6, 6.07) is 17.7. The smallest absolute Gasteiger partial charge is 0.258 e. The summed E-state index contributed by atoms with van der Waals surface area (Å²) in [5, 5.41) is 3.32. The molecule has 0 radical (unpaired) electrons. The van der Waals surface area contributed by atoms with Crippen LogP contribution < -0.4 is 5.32 Å². The first-order chi connectivity index (χ1) is 17.5. The number of halogens is 2. The third kappa shape index (κ3) is 5.27. The summed E-state index contributed by atoms with van der Waals surface area (Å²) in [5.74, 6) is -0.358. The van der Waals surface area contributed by atoms with E-state index in [1.54, 1.807) is 35.5 Å². The van der Waals surface area contributed by atoms with E-state index >= 15 is 0 Å². The van der Waals surface area contributed by atoms with Gasteiger partial charge in [-0.3, -0.25) is 14.6 Å². The Morgan fingerprint density at radius 1 is 1.00 bits per heavy atom. The highest BCUT2D eigenvalue weighted by molar-refractivity contribution is 6.33. The van der Waals surface area contributed by atoms with Gasteiger partial charge in [0.1, 0.15) is 5.82 Å². The van der Waals surface area contributed by atoms with Gasteiger partial charge in [-0.25, -0.2) is 4.39 Å². The topological polar surface area (TPSA) is 65.5 Å². The van der Waals surface area contributed by atoms with Crippen LogP contribution in [0.15, 0.2) is 73.1 Å². The summed E-state index contributed by atoms with van der Waals surface area (Å²) in [6.45, 7) is 3.77. The number of carbonyl (C=O) groups excluding carboxylic acids is 2. The predicted octanol–water partition coefficient (Wildman–Crippen LogP) is 4.44. The van der Waals surface area contributed by atoms with Crippen LogP contribution >= 0.6 is 11.6 Å². The van der Waals surface area contributed by atoms with Crippen LogP contribution in [0.4, 0.5) is 4.39 Å². The van der Waals surface area contributed by atoms with Crippen LogP contribution in [0.1, 0.15) is 38.7 Å². The molecule has 2 aliphatic rings. The van der Waals surface area contributed by atoms with Gasteiger partial charge >= 0.3 is 0 Å². The highest BCUT2D eigenvalue weighted by Crippen LogP contribution is 2.33. The molecular formula is C28H28ClFN4O2. The van der Waals surface area contributed by atoms with Crippen LogP contribution in [0.25, 0.3) is 0 Å². The number of fused-ring (bicyclic) bond motifs is 1. The van der Waals surface area contributed by atoms with E-state index in [2.05, 4.69) is 15.2 Å². The molecule has 2 saturated heterocycles. The first-order valence-electron chi connectivity index (χ1n) is 12.2. The molecule has 0 bridgehead atoms. The van der Waals surface area contributed by atoms with Gasteiger partial charge in [0.25, 0.3) is 11.8 Å². The zero-order valence-electron chi connectivity index (χ0n) is 19.8. The minimum absolute atomic E-state index is 0.0361. The Morgan fingerprint density at radius 2 is 1.75 bits per heavy atom. The molecule has 0 saturated carbocycles. The standard InChI is InChI=1S/C28H28ClFN4O2/c29-23-9-4-10-24(30)26(23)28(36)34-17-21-15-33(16-22(21)18-34)13-11-25(19-6-2-1-3-7-19)32-27(35)20-8-5-12-31-14-20/h1-10,12,14,21-22,25H,11,13,15-18H2,(H,32,35). The number of amides is 2. The Labute approximate surface area is 215 Å². The number of rotatable bonds is 7. The van der Waals surface area contributed by atoms with E-state index in [9.17, 15) is 14.0 Å². The number of nitrogens with zero attached hydrogens (tertiary/aromatic N) is 3. The van der Waals surface area contributed by atoms with E-state index in [4.69, 9.17) is 11.6 Å². The number of hydrogen-bond donors (Lipinski definition) is 1. The van der Waals surface area contributed by atoms with Crippen LogP contribution in [0.3, 0.4) is 0 Å². The summed E-state index contributed by atoms with van der Waals surface area (Å²) in [4.78, 5) is 33.9. The monoisotopic (exact) mass is 506 g/mol. The van der Waals surface area contributed by atoms with Crippen molar-refractivity contribution in [1.82, 2.24) is 20.1 Å². The van der Waals surface area contributed by atoms with Crippen molar-refractivity contribution in [2.75, 3.05) is 32.7 Å². The normalized spacial score (nSPS) is 20.2. The fraction of sp³-hybridized carbons (Fsp3) is 0.321. The number of aromatic nitrogens is 1. The summed E-state index contributed by atoms with van der Waals surface area (Å²) < 4.78 is 14.2. The maximum absolute atomic E-state index is 14.2. The maximum Gasteiger partial charge on any atom is 0.258 e. The average Bonchev–Trinajstić information content (AvgIpc) is 3.46. The second kappa shape index (κ2) is 10.8. The fourth-order valence-electron chi connectivity index (χ4n) is 5.36. The number of hydrogen-bond acceptors (Lipinski definition) is 4. The third-order valence-electron chi connectivity index (χ3n) is 7.19. The zero-order valence-corrected chi connectivity index (χ0v) is 20.6. The van der Waals surface area contributed by atoms with Gasteiger partial charge in [0.2, 0.25) is 0 Å². The second-order valence-electron chi connectivity index (χ2n) is 9.55. The Kier molecular flexibility index (Phi) is 7.30. The lowest BCUT2D eigenvalue weighted by Gasteiger charge is -2.25. The van der Waals surface area contributed by atoms with Crippen molar-refractivity contribution in [3.63, 3.8) is 0 Å².